The van der Waals surface area contributed by atoms with Gasteiger partial charge < -0.3 is 14.7 Å². The van der Waals surface area contributed by atoms with Gasteiger partial charge in [0.25, 0.3) is 0 Å². The van der Waals surface area contributed by atoms with E-state index in [0.29, 0.717) is 12.3 Å². The van der Waals surface area contributed by atoms with Crippen LogP contribution in [-0.4, -0.2) is 25.6 Å². The second-order valence-corrected chi connectivity index (χ2v) is 4.71. The summed E-state index contributed by atoms with van der Waals surface area (Å²) in [5.41, 5.74) is 1.13. The Hall–Kier alpha value is -1.71. The summed E-state index contributed by atoms with van der Waals surface area (Å²) in [7, 11) is 3.28. The molecular weight excluding hydrogens is 254 g/mol. The van der Waals surface area contributed by atoms with E-state index in [4.69, 9.17) is 14.7 Å². The molecule has 0 amide bonds. The molecule has 0 aliphatic carbocycles. The molecule has 0 fully saturated rings. The van der Waals surface area contributed by atoms with Crippen LogP contribution in [0.3, 0.4) is 0 Å². The van der Waals surface area contributed by atoms with Crippen LogP contribution in [-0.2, 0) is 9.47 Å². The van der Waals surface area contributed by atoms with Crippen LogP contribution in [0.5, 0.6) is 0 Å². The largest absolute Gasteiger partial charge is 0.497 e. The van der Waals surface area contributed by atoms with Gasteiger partial charge in [0.1, 0.15) is 5.76 Å². The molecule has 0 saturated carbocycles. The Balaban J connectivity index is 5.09. The lowest BCUT2D eigenvalue weighted by molar-refractivity contribution is 0.212. The zero-order valence-corrected chi connectivity index (χ0v) is 13.1. The Morgan fingerprint density at radius 3 is 2.50 bits per heavy atom. The SMILES string of the molecule is C=C/C(=C\C(OC)=C(/CC(C)C/C=N/O)OC)CCC. The molecule has 20 heavy (non-hydrogen) atoms. The molecule has 1 N–H and O–H groups in total. The number of oxime groups is 1. The van der Waals surface area contributed by atoms with Gasteiger partial charge >= 0.3 is 0 Å². The van der Waals surface area contributed by atoms with Crippen molar-refractivity contribution < 1.29 is 14.7 Å². The minimum Gasteiger partial charge on any atom is -0.497 e. The molecule has 0 aliphatic heterocycles. The average Bonchev–Trinajstić information content (AvgIpc) is 2.47. The van der Waals surface area contributed by atoms with E-state index >= 15 is 0 Å². The fraction of sp³-hybridized carbons (Fsp3) is 0.562. The molecule has 4 heteroatoms. The van der Waals surface area contributed by atoms with E-state index in [0.717, 1.165) is 36.4 Å². The summed E-state index contributed by atoms with van der Waals surface area (Å²) in [5.74, 6) is 1.82. The van der Waals surface area contributed by atoms with Gasteiger partial charge in [0.2, 0.25) is 0 Å². The molecule has 0 rings (SSSR count). The molecule has 0 radical (unpaired) electrons. The van der Waals surface area contributed by atoms with Crippen LogP contribution in [0.4, 0.5) is 0 Å². The van der Waals surface area contributed by atoms with Gasteiger partial charge in [-0.1, -0.05) is 32.9 Å². The third kappa shape index (κ3) is 7.02. The summed E-state index contributed by atoms with van der Waals surface area (Å²) in [6.45, 7) is 8.01. The highest BCUT2D eigenvalue weighted by molar-refractivity contribution is 5.56. The predicted molar refractivity (Wildman–Crippen MR) is 82.9 cm³/mol. The maximum absolute atomic E-state index is 8.45. The number of hydrogen-bond acceptors (Lipinski definition) is 4. The Morgan fingerprint density at radius 2 is 2.05 bits per heavy atom. The van der Waals surface area contributed by atoms with Crippen molar-refractivity contribution >= 4 is 6.21 Å². The number of ether oxygens (including phenoxy) is 2. The lowest BCUT2D eigenvalue weighted by Crippen LogP contribution is -2.03. The quantitative estimate of drug-likeness (QED) is 0.214. The van der Waals surface area contributed by atoms with Crippen LogP contribution in [0.25, 0.3) is 0 Å². The second-order valence-electron chi connectivity index (χ2n) is 4.71. The minimum atomic E-state index is 0.303. The van der Waals surface area contributed by atoms with E-state index in [-0.39, 0.29) is 0 Å². The first-order valence-corrected chi connectivity index (χ1v) is 6.92. The summed E-state index contributed by atoms with van der Waals surface area (Å²) in [4.78, 5) is 0. The van der Waals surface area contributed by atoms with Crippen LogP contribution in [0, 0.1) is 5.92 Å². The molecule has 1 atom stereocenters. The van der Waals surface area contributed by atoms with Crippen molar-refractivity contribution in [2.24, 2.45) is 11.1 Å². The zero-order valence-electron chi connectivity index (χ0n) is 13.1. The van der Waals surface area contributed by atoms with E-state index < -0.39 is 0 Å². The van der Waals surface area contributed by atoms with E-state index in [1.54, 1.807) is 14.2 Å². The topological polar surface area (TPSA) is 51.0 Å². The normalized spacial score (nSPS) is 14.9. The average molecular weight is 281 g/mol. The van der Waals surface area contributed by atoms with Gasteiger partial charge in [0.05, 0.1) is 14.2 Å². The van der Waals surface area contributed by atoms with Crippen LogP contribution in [0.1, 0.15) is 39.5 Å². The number of hydrogen-bond donors (Lipinski definition) is 1. The highest BCUT2D eigenvalue weighted by Crippen LogP contribution is 2.21. The van der Waals surface area contributed by atoms with Crippen molar-refractivity contribution in [2.45, 2.75) is 39.5 Å². The predicted octanol–water partition coefficient (Wildman–Crippen LogP) is 4.28. The van der Waals surface area contributed by atoms with Gasteiger partial charge in [-0.2, -0.15) is 0 Å². The van der Waals surface area contributed by atoms with Gasteiger partial charge in [0.15, 0.2) is 5.76 Å². The van der Waals surface area contributed by atoms with Gasteiger partial charge in [-0.3, -0.25) is 0 Å². The number of allylic oxidation sites excluding steroid dienone is 4. The molecule has 0 aliphatic rings. The lowest BCUT2D eigenvalue weighted by atomic mass is 10.0. The number of rotatable bonds is 10. The fourth-order valence-corrected chi connectivity index (χ4v) is 1.85. The summed E-state index contributed by atoms with van der Waals surface area (Å²) < 4.78 is 10.9. The zero-order chi connectivity index (χ0) is 15.4. The maximum Gasteiger partial charge on any atom is 0.156 e. The standard InChI is InChI=1S/C16H27NO3/c1-6-8-14(7-2)12-16(20-5)15(19-4)11-13(3)9-10-17-18/h7,10,12-13,18H,2,6,8-9,11H2,1,3-5H3/b14-12+,16-15-,17-10+. The van der Waals surface area contributed by atoms with Crippen molar-refractivity contribution in [1.82, 2.24) is 0 Å². The monoisotopic (exact) mass is 281 g/mol. The highest BCUT2D eigenvalue weighted by Gasteiger charge is 2.11. The molecule has 114 valence electrons. The van der Waals surface area contributed by atoms with Gasteiger partial charge in [0, 0.05) is 12.6 Å². The summed E-state index contributed by atoms with van der Waals surface area (Å²) >= 11 is 0. The molecular formula is C16H27NO3. The summed E-state index contributed by atoms with van der Waals surface area (Å²) in [5, 5.41) is 11.5. The maximum atomic E-state index is 8.45. The number of nitrogens with zero attached hydrogens (tertiary/aromatic N) is 1. The molecule has 0 spiro atoms. The van der Waals surface area contributed by atoms with E-state index in [1.165, 1.54) is 6.21 Å². The van der Waals surface area contributed by atoms with E-state index in [1.807, 2.05) is 12.2 Å². The lowest BCUT2D eigenvalue weighted by Gasteiger charge is -2.15. The first-order valence-electron chi connectivity index (χ1n) is 6.92. The third-order valence-corrected chi connectivity index (χ3v) is 2.98. The van der Waals surface area contributed by atoms with Crippen molar-refractivity contribution in [2.75, 3.05) is 14.2 Å². The first-order chi connectivity index (χ1) is 9.62. The Kier molecular flexibility index (Phi) is 10.2. The molecule has 1 unspecified atom stereocenters. The third-order valence-electron chi connectivity index (χ3n) is 2.98. The van der Waals surface area contributed by atoms with Crippen LogP contribution in [0.2, 0.25) is 0 Å². The van der Waals surface area contributed by atoms with Crippen molar-refractivity contribution in [3.8, 4) is 0 Å². The minimum absolute atomic E-state index is 0.303. The summed E-state index contributed by atoms with van der Waals surface area (Å²) in [6, 6.07) is 0. The van der Waals surface area contributed by atoms with Crippen molar-refractivity contribution in [1.29, 1.82) is 0 Å². The first kappa shape index (κ1) is 18.3. The Morgan fingerprint density at radius 1 is 1.35 bits per heavy atom. The molecule has 0 aromatic carbocycles. The Labute approximate surface area is 122 Å². The fourth-order valence-electron chi connectivity index (χ4n) is 1.85. The molecule has 4 nitrogen and oxygen atoms in total. The van der Waals surface area contributed by atoms with Crippen LogP contribution >= 0.6 is 0 Å². The Bertz CT molecular complexity index is 370. The van der Waals surface area contributed by atoms with Gasteiger partial charge in [-0.25, -0.2) is 0 Å². The van der Waals surface area contributed by atoms with Crippen LogP contribution in [0.15, 0.2) is 41.0 Å². The van der Waals surface area contributed by atoms with Crippen molar-refractivity contribution in [3.63, 3.8) is 0 Å². The second kappa shape index (κ2) is 11.1. The van der Waals surface area contributed by atoms with E-state index in [9.17, 15) is 0 Å². The van der Waals surface area contributed by atoms with Crippen LogP contribution < -0.4 is 0 Å². The van der Waals surface area contributed by atoms with E-state index in [2.05, 4.69) is 25.6 Å². The molecule has 0 saturated heterocycles. The molecule has 0 heterocycles. The number of methoxy groups -OCH3 is 2. The highest BCUT2D eigenvalue weighted by atomic mass is 16.5. The molecule has 0 aromatic rings. The molecule has 0 bridgehead atoms. The molecule has 0 aromatic heterocycles. The van der Waals surface area contributed by atoms with Gasteiger partial charge in [-0.05, 0) is 30.4 Å². The van der Waals surface area contributed by atoms with Crippen molar-refractivity contribution in [3.05, 3.63) is 35.8 Å². The van der Waals surface area contributed by atoms with Gasteiger partial charge in [-0.15, -0.1) is 5.16 Å². The summed E-state index contributed by atoms with van der Waals surface area (Å²) in [6.07, 6.45) is 8.74. The smallest absolute Gasteiger partial charge is 0.156 e.